The van der Waals surface area contributed by atoms with E-state index >= 15 is 0 Å². The normalized spacial score (nSPS) is 21.7. The Morgan fingerprint density at radius 1 is 0.880 bits per heavy atom. The van der Waals surface area contributed by atoms with E-state index in [2.05, 4.69) is 4.74 Å². The van der Waals surface area contributed by atoms with Crippen molar-refractivity contribution < 1.29 is 19.1 Å². The van der Waals surface area contributed by atoms with Crippen LogP contribution in [0.25, 0.3) is 6.08 Å². The Balaban J connectivity index is 1.83. The SMILES string of the molecule is COC(=O)C(=O)[C@H]1[C@H](/C=C/c2ccccc2)[C@H]1C(=O)c1ccccc1. The van der Waals surface area contributed by atoms with Gasteiger partial charge in [0.1, 0.15) is 0 Å². The fraction of sp³-hybridized carbons (Fsp3) is 0.190. The summed E-state index contributed by atoms with van der Waals surface area (Å²) in [7, 11) is 1.17. The molecule has 25 heavy (non-hydrogen) atoms. The molecule has 2 aromatic rings. The minimum absolute atomic E-state index is 0.120. The summed E-state index contributed by atoms with van der Waals surface area (Å²) >= 11 is 0. The summed E-state index contributed by atoms with van der Waals surface area (Å²) in [5, 5.41) is 0. The first kappa shape index (κ1) is 16.8. The van der Waals surface area contributed by atoms with Crippen LogP contribution in [-0.2, 0) is 14.3 Å². The summed E-state index contributed by atoms with van der Waals surface area (Å²) in [6.45, 7) is 0. The highest BCUT2D eigenvalue weighted by molar-refractivity contribution is 6.36. The highest BCUT2D eigenvalue weighted by atomic mass is 16.5. The molecule has 4 nitrogen and oxygen atoms in total. The molecule has 0 heterocycles. The molecule has 0 aliphatic heterocycles. The van der Waals surface area contributed by atoms with E-state index in [1.807, 2.05) is 48.6 Å². The Kier molecular flexibility index (Phi) is 4.89. The van der Waals surface area contributed by atoms with Gasteiger partial charge in [0.25, 0.3) is 0 Å². The molecular formula is C21H18O4. The lowest BCUT2D eigenvalue weighted by atomic mass is 10.0. The van der Waals surface area contributed by atoms with Crippen molar-refractivity contribution in [3.8, 4) is 0 Å². The molecule has 3 rings (SSSR count). The standard InChI is InChI=1S/C21H18O4/c1-25-21(24)20(23)18-16(13-12-14-8-4-2-5-9-14)17(18)19(22)15-10-6-3-7-11-15/h2-13,16-18H,1H3/b13-12+/t16-,17-,18+/m1/s1. The zero-order valence-corrected chi connectivity index (χ0v) is 13.8. The van der Waals surface area contributed by atoms with Gasteiger partial charge in [-0.2, -0.15) is 0 Å². The van der Waals surface area contributed by atoms with E-state index in [-0.39, 0.29) is 11.7 Å². The van der Waals surface area contributed by atoms with Gasteiger partial charge in [0.05, 0.1) is 7.11 Å². The van der Waals surface area contributed by atoms with Crippen LogP contribution < -0.4 is 0 Å². The van der Waals surface area contributed by atoms with Crippen LogP contribution in [0, 0.1) is 17.8 Å². The number of hydrogen-bond donors (Lipinski definition) is 0. The number of allylic oxidation sites excluding steroid dienone is 1. The summed E-state index contributed by atoms with van der Waals surface area (Å²) in [5.74, 6) is -3.12. The number of ketones is 2. The van der Waals surface area contributed by atoms with Crippen LogP contribution in [0.2, 0.25) is 0 Å². The topological polar surface area (TPSA) is 60.4 Å². The molecule has 1 aliphatic carbocycles. The van der Waals surface area contributed by atoms with Gasteiger partial charge in [0.2, 0.25) is 5.78 Å². The highest BCUT2D eigenvalue weighted by Gasteiger charge is 2.58. The van der Waals surface area contributed by atoms with Gasteiger partial charge in [-0.15, -0.1) is 0 Å². The number of hydrogen-bond acceptors (Lipinski definition) is 4. The van der Waals surface area contributed by atoms with Crippen molar-refractivity contribution in [2.45, 2.75) is 0 Å². The van der Waals surface area contributed by atoms with Gasteiger partial charge in [-0.25, -0.2) is 4.79 Å². The number of esters is 1. The van der Waals surface area contributed by atoms with E-state index in [1.165, 1.54) is 7.11 Å². The predicted octanol–water partition coefficient (Wildman–Crippen LogP) is 3.19. The monoisotopic (exact) mass is 334 g/mol. The quantitative estimate of drug-likeness (QED) is 0.462. The van der Waals surface area contributed by atoms with Crippen LogP contribution >= 0.6 is 0 Å². The van der Waals surface area contributed by atoms with Gasteiger partial charge >= 0.3 is 5.97 Å². The molecule has 0 amide bonds. The lowest BCUT2D eigenvalue weighted by molar-refractivity contribution is -0.152. The van der Waals surface area contributed by atoms with Crippen molar-refractivity contribution >= 4 is 23.6 Å². The van der Waals surface area contributed by atoms with E-state index in [0.29, 0.717) is 5.56 Å². The number of benzene rings is 2. The maximum Gasteiger partial charge on any atom is 0.374 e. The van der Waals surface area contributed by atoms with Gasteiger partial charge in [-0.05, 0) is 11.5 Å². The maximum atomic E-state index is 12.7. The molecule has 1 aliphatic rings. The van der Waals surface area contributed by atoms with Crippen molar-refractivity contribution in [3.05, 3.63) is 77.9 Å². The molecule has 0 N–H and O–H groups in total. The molecule has 3 atom stereocenters. The van der Waals surface area contributed by atoms with Crippen LogP contribution in [-0.4, -0.2) is 24.6 Å². The van der Waals surface area contributed by atoms with Crippen LogP contribution in [0.15, 0.2) is 66.7 Å². The van der Waals surface area contributed by atoms with Gasteiger partial charge in [0.15, 0.2) is 5.78 Å². The van der Waals surface area contributed by atoms with Gasteiger partial charge in [0, 0.05) is 17.4 Å². The summed E-state index contributed by atoms with van der Waals surface area (Å²) in [6, 6.07) is 18.4. The van der Waals surface area contributed by atoms with E-state index < -0.39 is 23.6 Å². The molecule has 2 aromatic carbocycles. The lowest BCUT2D eigenvalue weighted by Crippen LogP contribution is -2.20. The first-order valence-corrected chi connectivity index (χ1v) is 8.08. The number of methoxy groups -OCH3 is 1. The third kappa shape index (κ3) is 3.58. The second-order valence-corrected chi connectivity index (χ2v) is 5.98. The predicted molar refractivity (Wildman–Crippen MR) is 93.7 cm³/mol. The summed E-state index contributed by atoms with van der Waals surface area (Å²) in [5.41, 5.74) is 1.52. The molecule has 0 unspecified atom stereocenters. The van der Waals surface area contributed by atoms with Gasteiger partial charge in [-0.1, -0.05) is 72.8 Å². The first-order chi connectivity index (χ1) is 12.1. The largest absolute Gasteiger partial charge is 0.463 e. The highest BCUT2D eigenvalue weighted by Crippen LogP contribution is 2.50. The van der Waals surface area contributed by atoms with Crippen molar-refractivity contribution in [3.63, 3.8) is 0 Å². The number of rotatable bonds is 6. The zero-order chi connectivity index (χ0) is 17.8. The third-order valence-electron chi connectivity index (χ3n) is 4.44. The summed E-state index contributed by atoms with van der Waals surface area (Å²) in [4.78, 5) is 36.6. The lowest BCUT2D eigenvalue weighted by Gasteiger charge is -1.99. The molecule has 0 spiro atoms. The van der Waals surface area contributed by atoms with E-state index in [9.17, 15) is 14.4 Å². The smallest absolute Gasteiger partial charge is 0.374 e. The van der Waals surface area contributed by atoms with E-state index in [1.54, 1.807) is 24.3 Å². The third-order valence-corrected chi connectivity index (χ3v) is 4.44. The average Bonchev–Trinajstić information content (AvgIpc) is 3.40. The van der Waals surface area contributed by atoms with Crippen molar-refractivity contribution in [2.75, 3.05) is 7.11 Å². The number of Topliss-reactive ketones (excluding diaryl/α,β-unsaturated/α-hetero) is 2. The van der Waals surface area contributed by atoms with Crippen molar-refractivity contribution in [1.29, 1.82) is 0 Å². The minimum Gasteiger partial charge on any atom is -0.463 e. The fourth-order valence-electron chi connectivity index (χ4n) is 3.07. The second-order valence-electron chi connectivity index (χ2n) is 5.98. The number of ether oxygens (including phenoxy) is 1. The minimum atomic E-state index is -0.897. The Labute approximate surface area is 146 Å². The van der Waals surface area contributed by atoms with E-state index in [0.717, 1.165) is 5.56 Å². The van der Waals surface area contributed by atoms with Crippen LogP contribution in [0.3, 0.4) is 0 Å². The van der Waals surface area contributed by atoms with Gasteiger partial charge < -0.3 is 4.74 Å². The summed E-state index contributed by atoms with van der Waals surface area (Å²) < 4.78 is 4.53. The Morgan fingerprint density at radius 3 is 2.08 bits per heavy atom. The molecular weight excluding hydrogens is 316 g/mol. The summed E-state index contributed by atoms with van der Waals surface area (Å²) in [6.07, 6.45) is 3.72. The number of carbonyl (C=O) groups excluding carboxylic acids is 3. The molecule has 0 saturated heterocycles. The maximum absolute atomic E-state index is 12.7. The molecule has 1 saturated carbocycles. The van der Waals surface area contributed by atoms with Crippen LogP contribution in [0.1, 0.15) is 15.9 Å². The molecule has 0 radical (unpaired) electrons. The fourth-order valence-corrected chi connectivity index (χ4v) is 3.07. The second kappa shape index (κ2) is 7.26. The van der Waals surface area contributed by atoms with Crippen LogP contribution in [0.4, 0.5) is 0 Å². The van der Waals surface area contributed by atoms with Crippen LogP contribution in [0.5, 0.6) is 0 Å². The number of carbonyl (C=O) groups is 3. The van der Waals surface area contributed by atoms with Gasteiger partial charge in [-0.3, -0.25) is 9.59 Å². The van der Waals surface area contributed by atoms with E-state index in [4.69, 9.17) is 0 Å². The Hall–Kier alpha value is -3.01. The van der Waals surface area contributed by atoms with Crippen molar-refractivity contribution in [2.24, 2.45) is 17.8 Å². The van der Waals surface area contributed by atoms with Crippen molar-refractivity contribution in [1.82, 2.24) is 0 Å². The Bertz CT molecular complexity index is 808. The molecule has 1 fully saturated rings. The zero-order valence-electron chi connectivity index (χ0n) is 13.8. The molecule has 4 heteroatoms. The molecule has 0 bridgehead atoms. The Morgan fingerprint density at radius 2 is 1.48 bits per heavy atom. The molecule has 126 valence electrons. The molecule has 0 aromatic heterocycles. The average molecular weight is 334 g/mol. The first-order valence-electron chi connectivity index (χ1n) is 8.08.